The van der Waals surface area contributed by atoms with Crippen LogP contribution in [0.15, 0.2) is 18.2 Å². The predicted octanol–water partition coefficient (Wildman–Crippen LogP) is 4.89. The summed E-state index contributed by atoms with van der Waals surface area (Å²) in [7, 11) is 0. The molecule has 1 atom stereocenters. The molecule has 2 aliphatic rings. The third kappa shape index (κ3) is 3.37. The van der Waals surface area contributed by atoms with Gasteiger partial charge in [0.1, 0.15) is 11.4 Å². The van der Waals surface area contributed by atoms with Gasteiger partial charge in [-0.2, -0.15) is 0 Å². The van der Waals surface area contributed by atoms with Gasteiger partial charge in [-0.15, -0.1) is 11.6 Å². The van der Waals surface area contributed by atoms with Crippen molar-refractivity contribution in [2.45, 2.75) is 63.5 Å². The van der Waals surface area contributed by atoms with Crippen molar-refractivity contribution in [3.63, 3.8) is 0 Å². The van der Waals surface area contributed by atoms with E-state index in [1.54, 1.807) is 0 Å². The monoisotopic (exact) mass is 308 g/mol. The van der Waals surface area contributed by atoms with Crippen molar-refractivity contribution < 1.29 is 9.47 Å². The molecule has 1 fully saturated rings. The highest BCUT2D eigenvalue weighted by molar-refractivity contribution is 6.20. The van der Waals surface area contributed by atoms with Crippen LogP contribution in [0.5, 0.6) is 5.75 Å². The highest BCUT2D eigenvalue weighted by atomic mass is 35.5. The minimum atomic E-state index is -0.0819. The zero-order valence-corrected chi connectivity index (χ0v) is 14.0. The summed E-state index contributed by atoms with van der Waals surface area (Å²) >= 11 is 6.63. The number of ether oxygens (including phenoxy) is 2. The van der Waals surface area contributed by atoms with Crippen LogP contribution in [0.25, 0.3) is 0 Å². The van der Waals surface area contributed by atoms with Gasteiger partial charge in [0.2, 0.25) is 0 Å². The van der Waals surface area contributed by atoms with Crippen LogP contribution in [0.1, 0.15) is 56.5 Å². The van der Waals surface area contributed by atoms with Gasteiger partial charge in [-0.3, -0.25) is 0 Å². The minimum Gasteiger partial charge on any atom is -0.487 e. The van der Waals surface area contributed by atoms with Crippen LogP contribution in [0.4, 0.5) is 0 Å². The molecule has 1 saturated carbocycles. The van der Waals surface area contributed by atoms with E-state index in [2.05, 4.69) is 39.0 Å². The molecule has 0 radical (unpaired) electrons. The lowest BCUT2D eigenvalue weighted by molar-refractivity contribution is -0.0267. The summed E-state index contributed by atoms with van der Waals surface area (Å²) in [5, 5.41) is 0.103. The summed E-state index contributed by atoms with van der Waals surface area (Å²) in [6.07, 6.45) is 4.82. The Balaban J connectivity index is 1.58. The fraction of sp³-hybridized carbons (Fsp3) is 0.667. The Morgan fingerprint density at radius 2 is 2.14 bits per heavy atom. The summed E-state index contributed by atoms with van der Waals surface area (Å²) in [6, 6.07) is 6.44. The van der Waals surface area contributed by atoms with E-state index in [4.69, 9.17) is 21.1 Å². The lowest BCUT2D eigenvalue weighted by atomic mass is 9.78. The Kier molecular flexibility index (Phi) is 4.20. The number of benzene rings is 1. The maximum Gasteiger partial charge on any atom is 0.123 e. The fourth-order valence-corrected chi connectivity index (χ4v) is 3.88. The minimum absolute atomic E-state index is 0.0819. The van der Waals surface area contributed by atoms with Crippen molar-refractivity contribution in [2.75, 3.05) is 6.61 Å². The third-order valence-electron chi connectivity index (χ3n) is 4.58. The Morgan fingerprint density at radius 1 is 1.38 bits per heavy atom. The smallest absolute Gasteiger partial charge is 0.123 e. The molecule has 0 saturated heterocycles. The Bertz CT molecular complexity index is 506. The number of alkyl halides is 1. The zero-order valence-electron chi connectivity index (χ0n) is 13.2. The van der Waals surface area contributed by atoms with E-state index >= 15 is 0 Å². The van der Waals surface area contributed by atoms with E-state index in [9.17, 15) is 0 Å². The van der Waals surface area contributed by atoms with E-state index < -0.39 is 0 Å². The zero-order chi connectivity index (χ0) is 15.0. The molecule has 3 rings (SSSR count). The van der Waals surface area contributed by atoms with Gasteiger partial charge >= 0.3 is 0 Å². The quantitative estimate of drug-likeness (QED) is 0.721. The van der Waals surface area contributed by atoms with Crippen LogP contribution in [0, 0.1) is 5.92 Å². The fourth-order valence-electron chi connectivity index (χ4n) is 3.49. The number of fused-ring (bicyclic) bond motifs is 1. The number of hydrogen-bond acceptors (Lipinski definition) is 2. The Morgan fingerprint density at radius 3 is 2.86 bits per heavy atom. The molecule has 1 unspecified atom stereocenters. The van der Waals surface area contributed by atoms with Gasteiger partial charge in [0, 0.05) is 13.0 Å². The van der Waals surface area contributed by atoms with Crippen LogP contribution in [0.2, 0.25) is 0 Å². The average molecular weight is 309 g/mol. The first-order chi connectivity index (χ1) is 9.97. The first-order valence-electron chi connectivity index (χ1n) is 8.04. The molecule has 2 nitrogen and oxygen atoms in total. The van der Waals surface area contributed by atoms with Gasteiger partial charge in [0.15, 0.2) is 0 Å². The molecule has 0 amide bonds. The molecule has 21 heavy (non-hydrogen) atoms. The molecule has 1 aromatic carbocycles. The molecule has 1 aliphatic carbocycles. The molecule has 0 aromatic heterocycles. The van der Waals surface area contributed by atoms with Gasteiger partial charge in [-0.1, -0.05) is 12.1 Å². The lowest BCUT2D eigenvalue weighted by Gasteiger charge is -2.36. The first-order valence-corrected chi connectivity index (χ1v) is 8.48. The van der Waals surface area contributed by atoms with E-state index in [0.29, 0.717) is 12.0 Å². The highest BCUT2D eigenvalue weighted by Crippen LogP contribution is 2.42. The van der Waals surface area contributed by atoms with Crippen molar-refractivity contribution in [2.24, 2.45) is 5.92 Å². The summed E-state index contributed by atoms with van der Waals surface area (Å²) in [4.78, 5) is 0. The van der Waals surface area contributed by atoms with Gasteiger partial charge in [0.25, 0.3) is 0 Å². The SMILES string of the molecule is CCOC1CC(CC(Cl)c2ccc3c(c2)CC(C)(C)O3)C1. The Labute approximate surface area is 132 Å². The molecule has 3 heteroatoms. The summed E-state index contributed by atoms with van der Waals surface area (Å²) in [5.41, 5.74) is 2.45. The molecule has 1 heterocycles. The number of rotatable bonds is 5. The van der Waals surface area contributed by atoms with Crippen molar-refractivity contribution in [1.29, 1.82) is 0 Å². The van der Waals surface area contributed by atoms with Gasteiger partial charge in [0.05, 0.1) is 11.5 Å². The predicted molar refractivity (Wildman–Crippen MR) is 86.2 cm³/mol. The summed E-state index contributed by atoms with van der Waals surface area (Å²) in [5.74, 6) is 1.73. The molecule has 116 valence electrons. The van der Waals surface area contributed by atoms with Crippen LogP contribution in [-0.4, -0.2) is 18.3 Å². The largest absolute Gasteiger partial charge is 0.487 e. The van der Waals surface area contributed by atoms with Gasteiger partial charge in [-0.25, -0.2) is 0 Å². The summed E-state index contributed by atoms with van der Waals surface area (Å²) in [6.45, 7) is 7.15. The highest BCUT2D eigenvalue weighted by Gasteiger charge is 2.33. The van der Waals surface area contributed by atoms with E-state index in [0.717, 1.165) is 38.0 Å². The van der Waals surface area contributed by atoms with Crippen molar-refractivity contribution in [3.05, 3.63) is 29.3 Å². The van der Waals surface area contributed by atoms with Crippen LogP contribution >= 0.6 is 11.6 Å². The number of hydrogen-bond donors (Lipinski definition) is 0. The third-order valence-corrected chi connectivity index (χ3v) is 5.01. The van der Waals surface area contributed by atoms with Crippen LogP contribution < -0.4 is 4.74 Å². The molecular weight excluding hydrogens is 284 g/mol. The first kappa shape index (κ1) is 15.2. The van der Waals surface area contributed by atoms with Crippen molar-refractivity contribution >= 4 is 11.6 Å². The van der Waals surface area contributed by atoms with E-state index in [-0.39, 0.29) is 11.0 Å². The van der Waals surface area contributed by atoms with Crippen molar-refractivity contribution in [1.82, 2.24) is 0 Å². The second kappa shape index (κ2) is 5.81. The van der Waals surface area contributed by atoms with E-state index in [1.807, 2.05) is 0 Å². The topological polar surface area (TPSA) is 18.5 Å². The van der Waals surface area contributed by atoms with Crippen LogP contribution in [-0.2, 0) is 11.2 Å². The summed E-state index contributed by atoms with van der Waals surface area (Å²) < 4.78 is 11.5. The Hall–Kier alpha value is -0.730. The maximum atomic E-state index is 6.63. The lowest BCUT2D eigenvalue weighted by Crippen LogP contribution is -2.31. The van der Waals surface area contributed by atoms with Crippen LogP contribution in [0.3, 0.4) is 0 Å². The maximum absolute atomic E-state index is 6.63. The second-order valence-electron chi connectivity index (χ2n) is 7.02. The molecule has 0 spiro atoms. The standard InChI is InChI=1S/C18H25ClO2/c1-4-20-15-7-12(8-15)9-16(19)13-5-6-17-14(10-13)11-18(2,3)21-17/h5-6,10,12,15-16H,4,7-9,11H2,1-3H3. The molecule has 1 aliphatic heterocycles. The van der Waals surface area contributed by atoms with Gasteiger partial charge in [-0.05, 0) is 63.1 Å². The van der Waals surface area contributed by atoms with Gasteiger partial charge < -0.3 is 9.47 Å². The number of halogens is 1. The molecule has 1 aromatic rings. The molecule has 0 bridgehead atoms. The average Bonchev–Trinajstić information content (AvgIpc) is 2.68. The van der Waals surface area contributed by atoms with E-state index in [1.165, 1.54) is 11.1 Å². The molecule has 0 N–H and O–H groups in total. The second-order valence-corrected chi connectivity index (χ2v) is 7.55. The normalized spacial score (nSPS) is 27.6. The molecular formula is C18H25ClO2. The van der Waals surface area contributed by atoms with Crippen molar-refractivity contribution in [3.8, 4) is 5.75 Å².